The molecule has 0 bridgehead atoms. The van der Waals surface area contributed by atoms with Crippen molar-refractivity contribution >= 4 is 23.6 Å². The van der Waals surface area contributed by atoms with Crippen LogP contribution in [0.15, 0.2) is 24.3 Å². The molecule has 1 fully saturated rings. The Bertz CT molecular complexity index is 538. The van der Waals surface area contributed by atoms with Gasteiger partial charge in [-0.05, 0) is 12.1 Å². The molecule has 0 aromatic heterocycles. The fraction of sp³-hybridized carbons (Fsp3) is 0.467. The van der Waals surface area contributed by atoms with Crippen molar-refractivity contribution in [2.45, 2.75) is 12.3 Å². The van der Waals surface area contributed by atoms with Gasteiger partial charge in [0.25, 0.3) is 0 Å². The van der Waals surface area contributed by atoms with E-state index in [0.717, 1.165) is 5.75 Å². The van der Waals surface area contributed by atoms with Crippen LogP contribution in [0.4, 0.5) is 0 Å². The number of ether oxygens (including phenoxy) is 2. The van der Waals surface area contributed by atoms with Gasteiger partial charge in [0, 0.05) is 19.2 Å². The van der Waals surface area contributed by atoms with Crippen LogP contribution >= 0.6 is 11.8 Å². The molecule has 22 heavy (non-hydrogen) atoms. The number of nitrogens with zero attached hydrogens (tertiary/aromatic N) is 1. The van der Waals surface area contributed by atoms with E-state index >= 15 is 0 Å². The van der Waals surface area contributed by atoms with Gasteiger partial charge in [-0.3, -0.25) is 9.59 Å². The van der Waals surface area contributed by atoms with Crippen molar-refractivity contribution in [2.24, 2.45) is 0 Å². The fourth-order valence-corrected chi connectivity index (χ4v) is 3.29. The lowest BCUT2D eigenvalue weighted by Gasteiger charge is -2.24. The molecule has 1 saturated heterocycles. The van der Waals surface area contributed by atoms with Gasteiger partial charge >= 0.3 is 0 Å². The van der Waals surface area contributed by atoms with Gasteiger partial charge in [0.1, 0.15) is 12.0 Å². The molecular weight excluding hydrogens is 304 g/mol. The van der Waals surface area contributed by atoms with Gasteiger partial charge in [-0.2, -0.15) is 0 Å². The quantitative estimate of drug-likeness (QED) is 0.849. The van der Waals surface area contributed by atoms with E-state index in [1.165, 1.54) is 6.92 Å². The zero-order valence-electron chi connectivity index (χ0n) is 12.7. The van der Waals surface area contributed by atoms with Gasteiger partial charge < -0.3 is 19.7 Å². The maximum Gasteiger partial charge on any atom is 0.243 e. The summed E-state index contributed by atoms with van der Waals surface area (Å²) in [4.78, 5) is 24.8. The molecule has 1 aliphatic rings. The number of rotatable bonds is 6. The predicted molar refractivity (Wildman–Crippen MR) is 85.1 cm³/mol. The largest absolute Gasteiger partial charge is 0.493 e. The van der Waals surface area contributed by atoms with Crippen molar-refractivity contribution in [1.82, 2.24) is 10.2 Å². The SMILES string of the molecule is COc1ccccc1OCC1SCCN1C(=O)CNC(C)=O. The summed E-state index contributed by atoms with van der Waals surface area (Å²) in [7, 11) is 1.59. The minimum atomic E-state index is -0.206. The summed E-state index contributed by atoms with van der Waals surface area (Å²) in [5.41, 5.74) is 0. The van der Waals surface area contributed by atoms with Gasteiger partial charge in [0.15, 0.2) is 11.5 Å². The van der Waals surface area contributed by atoms with E-state index in [2.05, 4.69) is 5.32 Å². The summed E-state index contributed by atoms with van der Waals surface area (Å²) in [6.45, 7) is 2.48. The fourth-order valence-electron chi connectivity index (χ4n) is 2.15. The average Bonchev–Trinajstić information content (AvgIpc) is 2.99. The lowest BCUT2D eigenvalue weighted by Crippen LogP contribution is -2.43. The smallest absolute Gasteiger partial charge is 0.243 e. The minimum Gasteiger partial charge on any atom is -0.493 e. The first kappa shape index (κ1) is 16.5. The number of carbonyl (C=O) groups excluding carboxylic acids is 2. The van der Waals surface area contributed by atoms with Crippen LogP contribution in [0, 0.1) is 0 Å². The summed E-state index contributed by atoms with van der Waals surface area (Å²) < 4.78 is 11.0. The molecule has 0 aliphatic carbocycles. The molecule has 7 heteroatoms. The third-order valence-electron chi connectivity index (χ3n) is 3.25. The van der Waals surface area contributed by atoms with Crippen LogP contribution in [0.5, 0.6) is 11.5 Å². The number of nitrogens with one attached hydrogen (secondary N) is 1. The first-order valence-corrected chi connectivity index (χ1v) is 8.08. The van der Waals surface area contributed by atoms with E-state index in [0.29, 0.717) is 24.7 Å². The van der Waals surface area contributed by atoms with Crippen LogP contribution in [0.1, 0.15) is 6.92 Å². The van der Waals surface area contributed by atoms with Crippen LogP contribution in [0.2, 0.25) is 0 Å². The standard InChI is InChI=1S/C15H20N2O4S/c1-11(18)16-9-14(19)17-7-8-22-15(17)10-21-13-6-4-3-5-12(13)20-2/h3-6,15H,7-10H2,1-2H3,(H,16,18). The average molecular weight is 324 g/mol. The molecule has 0 radical (unpaired) electrons. The second-order valence-corrected chi connectivity index (χ2v) is 6.07. The third kappa shape index (κ3) is 4.30. The molecule has 0 saturated carbocycles. The van der Waals surface area contributed by atoms with Gasteiger partial charge in [-0.15, -0.1) is 11.8 Å². The van der Waals surface area contributed by atoms with E-state index < -0.39 is 0 Å². The molecule has 120 valence electrons. The highest BCUT2D eigenvalue weighted by atomic mass is 32.2. The van der Waals surface area contributed by atoms with Gasteiger partial charge in [-0.1, -0.05) is 12.1 Å². The predicted octanol–water partition coefficient (Wildman–Crippen LogP) is 1.11. The van der Waals surface area contributed by atoms with Crippen LogP contribution in [-0.4, -0.2) is 54.6 Å². The van der Waals surface area contributed by atoms with Gasteiger partial charge in [-0.25, -0.2) is 0 Å². The first-order valence-electron chi connectivity index (χ1n) is 7.03. The van der Waals surface area contributed by atoms with Crippen LogP contribution < -0.4 is 14.8 Å². The second-order valence-electron chi connectivity index (χ2n) is 4.78. The van der Waals surface area contributed by atoms with Crippen molar-refractivity contribution in [3.8, 4) is 11.5 Å². The zero-order valence-corrected chi connectivity index (χ0v) is 13.5. The Morgan fingerprint density at radius 2 is 2.09 bits per heavy atom. The summed E-state index contributed by atoms with van der Waals surface area (Å²) >= 11 is 1.67. The number of hydrogen-bond acceptors (Lipinski definition) is 5. The Kier molecular flexibility index (Phi) is 5.94. The van der Waals surface area contributed by atoms with Crippen molar-refractivity contribution in [2.75, 3.05) is 32.6 Å². The summed E-state index contributed by atoms with van der Waals surface area (Å²) in [6, 6.07) is 7.41. The van der Waals surface area contributed by atoms with E-state index in [1.54, 1.807) is 23.8 Å². The summed E-state index contributed by atoms with van der Waals surface area (Å²) in [5, 5.41) is 2.48. The van der Waals surface area contributed by atoms with E-state index in [9.17, 15) is 9.59 Å². The number of carbonyl (C=O) groups is 2. The van der Waals surface area contributed by atoms with Crippen molar-refractivity contribution in [3.63, 3.8) is 0 Å². The van der Waals surface area contributed by atoms with Crippen LogP contribution in [0.25, 0.3) is 0 Å². The number of benzene rings is 1. The maximum atomic E-state index is 12.1. The molecular formula is C15H20N2O4S. The molecule has 2 amide bonds. The Balaban J connectivity index is 1.91. The molecule has 1 atom stereocenters. The highest BCUT2D eigenvalue weighted by Crippen LogP contribution is 2.29. The number of thioether (sulfide) groups is 1. The highest BCUT2D eigenvalue weighted by molar-refractivity contribution is 8.00. The third-order valence-corrected chi connectivity index (χ3v) is 4.44. The van der Waals surface area contributed by atoms with E-state index in [1.807, 2.05) is 24.3 Å². The molecule has 1 aromatic carbocycles. The number of methoxy groups -OCH3 is 1. The Morgan fingerprint density at radius 3 is 2.77 bits per heavy atom. The van der Waals surface area contributed by atoms with Gasteiger partial charge in [0.05, 0.1) is 13.7 Å². The van der Waals surface area contributed by atoms with Crippen molar-refractivity contribution in [1.29, 1.82) is 0 Å². The molecule has 1 aromatic rings. The minimum absolute atomic E-state index is 0.0288. The van der Waals surface area contributed by atoms with Crippen LogP contribution in [0.3, 0.4) is 0 Å². The van der Waals surface area contributed by atoms with Crippen molar-refractivity contribution in [3.05, 3.63) is 24.3 Å². The second kappa shape index (κ2) is 7.93. The molecule has 6 nitrogen and oxygen atoms in total. The maximum absolute atomic E-state index is 12.1. The first-order chi connectivity index (χ1) is 10.6. The Morgan fingerprint density at radius 1 is 1.36 bits per heavy atom. The summed E-state index contributed by atoms with van der Waals surface area (Å²) in [5.74, 6) is 1.90. The Labute approximate surface area is 134 Å². The summed E-state index contributed by atoms with van der Waals surface area (Å²) in [6.07, 6.45) is 0. The van der Waals surface area contributed by atoms with E-state index in [-0.39, 0.29) is 23.7 Å². The topological polar surface area (TPSA) is 67.9 Å². The lowest BCUT2D eigenvalue weighted by atomic mass is 10.3. The zero-order chi connectivity index (χ0) is 15.9. The number of amides is 2. The lowest BCUT2D eigenvalue weighted by molar-refractivity contribution is -0.132. The molecule has 1 N–H and O–H groups in total. The molecule has 1 aliphatic heterocycles. The highest BCUT2D eigenvalue weighted by Gasteiger charge is 2.29. The Hall–Kier alpha value is -1.89. The normalized spacial score (nSPS) is 17.2. The van der Waals surface area contributed by atoms with E-state index in [4.69, 9.17) is 9.47 Å². The number of hydrogen-bond donors (Lipinski definition) is 1. The molecule has 2 rings (SSSR count). The van der Waals surface area contributed by atoms with Gasteiger partial charge in [0.2, 0.25) is 11.8 Å². The molecule has 1 unspecified atom stereocenters. The van der Waals surface area contributed by atoms with Crippen molar-refractivity contribution < 1.29 is 19.1 Å². The number of para-hydroxylation sites is 2. The monoisotopic (exact) mass is 324 g/mol. The van der Waals surface area contributed by atoms with Crippen LogP contribution in [-0.2, 0) is 9.59 Å². The molecule has 0 spiro atoms. The molecule has 1 heterocycles.